The van der Waals surface area contributed by atoms with E-state index in [0.717, 1.165) is 13.1 Å². The van der Waals surface area contributed by atoms with E-state index in [1.54, 1.807) is 0 Å². The molecule has 0 amide bonds. The highest BCUT2D eigenvalue weighted by Crippen LogP contribution is 2.27. The molecular formula is C7H16N2. The third-order valence-electron chi connectivity index (χ3n) is 1.75. The molecule has 0 aromatic heterocycles. The van der Waals surface area contributed by atoms with Crippen LogP contribution < -0.4 is 5.73 Å². The molecule has 2 nitrogen and oxygen atoms in total. The van der Waals surface area contributed by atoms with Gasteiger partial charge in [-0.1, -0.05) is 13.8 Å². The SMILES string of the molecule is CC1(C)CN(CCN)C1. The molecule has 0 aromatic carbocycles. The van der Waals surface area contributed by atoms with Crippen molar-refractivity contribution < 1.29 is 0 Å². The molecule has 0 saturated carbocycles. The van der Waals surface area contributed by atoms with Crippen LogP contribution in [0.1, 0.15) is 13.8 Å². The van der Waals surface area contributed by atoms with Crippen LogP contribution in [-0.2, 0) is 0 Å². The molecule has 0 spiro atoms. The van der Waals surface area contributed by atoms with Crippen LogP contribution in [0.5, 0.6) is 0 Å². The van der Waals surface area contributed by atoms with Gasteiger partial charge < -0.3 is 10.6 Å². The number of nitrogens with two attached hydrogens (primary N) is 1. The van der Waals surface area contributed by atoms with Gasteiger partial charge in [-0.3, -0.25) is 0 Å². The summed E-state index contributed by atoms with van der Waals surface area (Å²) in [6, 6.07) is 0. The number of hydrogen-bond acceptors (Lipinski definition) is 2. The van der Waals surface area contributed by atoms with Gasteiger partial charge in [0, 0.05) is 26.2 Å². The fraction of sp³-hybridized carbons (Fsp3) is 1.00. The fourth-order valence-electron chi connectivity index (χ4n) is 1.51. The molecule has 2 heteroatoms. The van der Waals surface area contributed by atoms with Crippen molar-refractivity contribution in [2.24, 2.45) is 11.1 Å². The summed E-state index contributed by atoms with van der Waals surface area (Å²) in [6.07, 6.45) is 0. The van der Waals surface area contributed by atoms with Gasteiger partial charge in [-0.15, -0.1) is 0 Å². The second-order valence-electron chi connectivity index (χ2n) is 3.66. The van der Waals surface area contributed by atoms with Crippen LogP contribution in [-0.4, -0.2) is 31.1 Å². The molecule has 0 radical (unpaired) electrons. The zero-order valence-corrected chi connectivity index (χ0v) is 6.35. The van der Waals surface area contributed by atoms with E-state index < -0.39 is 0 Å². The van der Waals surface area contributed by atoms with Crippen LogP contribution in [0.3, 0.4) is 0 Å². The molecule has 0 unspecified atom stereocenters. The zero-order chi connectivity index (χ0) is 6.91. The molecule has 1 rings (SSSR count). The van der Waals surface area contributed by atoms with Gasteiger partial charge in [0.25, 0.3) is 0 Å². The third kappa shape index (κ3) is 1.66. The topological polar surface area (TPSA) is 29.3 Å². The summed E-state index contributed by atoms with van der Waals surface area (Å²) in [7, 11) is 0. The van der Waals surface area contributed by atoms with Crippen molar-refractivity contribution in [3.05, 3.63) is 0 Å². The summed E-state index contributed by atoms with van der Waals surface area (Å²) < 4.78 is 0. The molecule has 9 heavy (non-hydrogen) atoms. The number of nitrogens with zero attached hydrogens (tertiary/aromatic N) is 1. The average molecular weight is 128 g/mol. The summed E-state index contributed by atoms with van der Waals surface area (Å²) >= 11 is 0. The normalized spacial score (nSPS) is 25.7. The van der Waals surface area contributed by atoms with Crippen molar-refractivity contribution >= 4 is 0 Å². The lowest BCUT2D eigenvalue weighted by molar-refractivity contribution is 0.0343. The molecule has 1 heterocycles. The predicted octanol–water partition coefficient (Wildman–Crippen LogP) is 0.287. The summed E-state index contributed by atoms with van der Waals surface area (Å²) in [6.45, 7) is 8.91. The third-order valence-corrected chi connectivity index (χ3v) is 1.75. The predicted molar refractivity (Wildman–Crippen MR) is 39.3 cm³/mol. The van der Waals surface area contributed by atoms with Crippen LogP contribution >= 0.6 is 0 Å². The monoisotopic (exact) mass is 128 g/mol. The first-order valence-corrected chi connectivity index (χ1v) is 3.56. The minimum absolute atomic E-state index is 0.565. The van der Waals surface area contributed by atoms with Gasteiger partial charge in [-0.2, -0.15) is 0 Å². The first-order valence-electron chi connectivity index (χ1n) is 3.56. The van der Waals surface area contributed by atoms with E-state index in [1.165, 1.54) is 13.1 Å². The average Bonchev–Trinajstić information content (AvgIpc) is 1.62. The molecule has 1 aliphatic heterocycles. The maximum absolute atomic E-state index is 5.39. The summed E-state index contributed by atoms with van der Waals surface area (Å²) in [5.41, 5.74) is 5.95. The zero-order valence-electron chi connectivity index (χ0n) is 6.35. The second-order valence-corrected chi connectivity index (χ2v) is 3.66. The van der Waals surface area contributed by atoms with Crippen LogP contribution in [0, 0.1) is 5.41 Å². The summed E-state index contributed by atoms with van der Waals surface area (Å²) in [5, 5.41) is 0. The lowest BCUT2D eigenvalue weighted by Crippen LogP contribution is -2.54. The Labute approximate surface area is 57.0 Å². The van der Waals surface area contributed by atoms with Crippen molar-refractivity contribution in [1.29, 1.82) is 0 Å². The van der Waals surface area contributed by atoms with E-state index in [-0.39, 0.29) is 0 Å². The smallest absolute Gasteiger partial charge is 0.0105 e. The minimum atomic E-state index is 0.565. The summed E-state index contributed by atoms with van der Waals surface area (Å²) in [4.78, 5) is 2.39. The lowest BCUT2D eigenvalue weighted by Gasteiger charge is -2.45. The molecule has 0 aromatic rings. The van der Waals surface area contributed by atoms with Crippen LogP contribution in [0.2, 0.25) is 0 Å². The van der Waals surface area contributed by atoms with Gasteiger partial charge >= 0.3 is 0 Å². The van der Waals surface area contributed by atoms with E-state index in [1.807, 2.05) is 0 Å². The molecule has 0 atom stereocenters. The molecule has 1 fully saturated rings. The van der Waals surface area contributed by atoms with Crippen LogP contribution in [0.4, 0.5) is 0 Å². The Morgan fingerprint density at radius 3 is 2.33 bits per heavy atom. The van der Waals surface area contributed by atoms with Crippen molar-refractivity contribution in [1.82, 2.24) is 4.90 Å². The Bertz CT molecular complexity index is 91.1. The molecule has 1 aliphatic rings. The lowest BCUT2D eigenvalue weighted by atomic mass is 9.84. The van der Waals surface area contributed by atoms with Gasteiger partial charge in [0.2, 0.25) is 0 Å². The molecular weight excluding hydrogens is 112 g/mol. The van der Waals surface area contributed by atoms with Gasteiger partial charge in [-0.25, -0.2) is 0 Å². The maximum Gasteiger partial charge on any atom is 0.0105 e. The maximum atomic E-state index is 5.39. The Morgan fingerprint density at radius 2 is 2.00 bits per heavy atom. The van der Waals surface area contributed by atoms with Crippen LogP contribution in [0.25, 0.3) is 0 Å². The van der Waals surface area contributed by atoms with Gasteiger partial charge in [0.05, 0.1) is 0 Å². The van der Waals surface area contributed by atoms with Gasteiger partial charge in [0.15, 0.2) is 0 Å². The first kappa shape index (κ1) is 7.03. The molecule has 2 N–H and O–H groups in total. The van der Waals surface area contributed by atoms with Crippen molar-refractivity contribution in [2.45, 2.75) is 13.8 Å². The number of rotatable bonds is 2. The minimum Gasteiger partial charge on any atom is -0.329 e. The summed E-state index contributed by atoms with van der Waals surface area (Å²) in [5.74, 6) is 0. The largest absolute Gasteiger partial charge is 0.329 e. The molecule has 1 saturated heterocycles. The fourth-order valence-corrected chi connectivity index (χ4v) is 1.51. The van der Waals surface area contributed by atoms with Crippen molar-refractivity contribution in [2.75, 3.05) is 26.2 Å². The van der Waals surface area contributed by atoms with E-state index in [2.05, 4.69) is 18.7 Å². The highest BCUT2D eigenvalue weighted by Gasteiger charge is 2.32. The highest BCUT2D eigenvalue weighted by atomic mass is 15.2. The first-order chi connectivity index (χ1) is 4.14. The number of hydrogen-bond donors (Lipinski definition) is 1. The Hall–Kier alpha value is -0.0800. The quantitative estimate of drug-likeness (QED) is 0.579. The Morgan fingerprint density at radius 1 is 1.44 bits per heavy atom. The van der Waals surface area contributed by atoms with Crippen LogP contribution in [0.15, 0.2) is 0 Å². The van der Waals surface area contributed by atoms with Crippen molar-refractivity contribution in [3.63, 3.8) is 0 Å². The van der Waals surface area contributed by atoms with Gasteiger partial charge in [0.1, 0.15) is 0 Å². The Kier molecular flexibility index (Phi) is 1.78. The van der Waals surface area contributed by atoms with E-state index >= 15 is 0 Å². The standard InChI is InChI=1S/C7H16N2/c1-7(2)5-9(6-7)4-3-8/h3-6,8H2,1-2H3. The molecule has 0 aliphatic carbocycles. The second kappa shape index (κ2) is 2.27. The van der Waals surface area contributed by atoms with E-state index in [9.17, 15) is 0 Å². The van der Waals surface area contributed by atoms with E-state index in [0.29, 0.717) is 5.41 Å². The Balaban J connectivity index is 2.12. The molecule has 0 bridgehead atoms. The highest BCUT2D eigenvalue weighted by molar-refractivity contribution is 4.87. The molecule has 54 valence electrons. The van der Waals surface area contributed by atoms with Crippen molar-refractivity contribution in [3.8, 4) is 0 Å². The van der Waals surface area contributed by atoms with Gasteiger partial charge in [-0.05, 0) is 5.41 Å². The van der Waals surface area contributed by atoms with E-state index in [4.69, 9.17) is 5.73 Å². The number of likely N-dealkylation sites (tertiary alicyclic amines) is 1.